The van der Waals surface area contributed by atoms with Gasteiger partial charge in [0, 0.05) is 25.6 Å². The number of ether oxygens (including phenoxy) is 2. The van der Waals surface area contributed by atoms with Crippen LogP contribution >= 0.6 is 0 Å². The molecule has 0 saturated heterocycles. The molecule has 0 radical (unpaired) electrons. The summed E-state index contributed by atoms with van der Waals surface area (Å²) in [5.74, 6) is 1.84. The maximum Gasteiger partial charge on any atom is 0.246 e. The van der Waals surface area contributed by atoms with Crippen LogP contribution in [-0.2, 0) is 21.4 Å². The van der Waals surface area contributed by atoms with Gasteiger partial charge >= 0.3 is 0 Å². The molecule has 0 unspecified atom stereocenters. The fourth-order valence-electron chi connectivity index (χ4n) is 3.29. The molecule has 34 heavy (non-hydrogen) atoms. The minimum Gasteiger partial charge on any atom is -0.497 e. The Morgan fingerprint density at radius 3 is 2.41 bits per heavy atom. The lowest BCUT2D eigenvalue weighted by Gasteiger charge is -2.23. The van der Waals surface area contributed by atoms with E-state index in [9.17, 15) is 13.2 Å². The zero-order chi connectivity index (χ0) is 24.7. The lowest BCUT2D eigenvalue weighted by atomic mass is 10.2. The van der Waals surface area contributed by atoms with Crippen molar-refractivity contribution in [3.8, 4) is 22.9 Å². The Bertz CT molecular complexity index is 1210. The molecule has 3 aromatic rings. The number of amides is 1. The average Bonchev–Trinajstić information content (AvgIpc) is 3.29. The van der Waals surface area contributed by atoms with Crippen LogP contribution in [0.15, 0.2) is 53.1 Å². The van der Waals surface area contributed by atoms with E-state index in [1.54, 1.807) is 51.6 Å². The van der Waals surface area contributed by atoms with Crippen molar-refractivity contribution in [2.24, 2.45) is 0 Å². The predicted molar refractivity (Wildman–Crippen MR) is 127 cm³/mol. The van der Waals surface area contributed by atoms with Gasteiger partial charge in [0.05, 0.1) is 32.7 Å². The smallest absolute Gasteiger partial charge is 0.246 e. The molecular weight excluding hydrogens is 460 g/mol. The maximum absolute atomic E-state index is 12.6. The van der Waals surface area contributed by atoms with E-state index in [0.717, 1.165) is 11.8 Å². The molecule has 0 saturated carbocycles. The summed E-state index contributed by atoms with van der Waals surface area (Å²) in [6, 6.07) is 14.0. The lowest BCUT2D eigenvalue weighted by molar-refractivity contribution is -0.130. The highest BCUT2D eigenvalue weighted by Crippen LogP contribution is 2.23. The average molecular weight is 489 g/mol. The van der Waals surface area contributed by atoms with E-state index in [2.05, 4.69) is 10.1 Å². The first-order chi connectivity index (χ1) is 16.2. The van der Waals surface area contributed by atoms with Crippen molar-refractivity contribution >= 4 is 21.6 Å². The van der Waals surface area contributed by atoms with Gasteiger partial charge in [0.2, 0.25) is 27.6 Å². The highest BCUT2D eigenvalue weighted by atomic mass is 32.2. The van der Waals surface area contributed by atoms with Gasteiger partial charge in [-0.25, -0.2) is 8.42 Å². The first-order valence-corrected chi connectivity index (χ1v) is 12.4. The number of anilines is 1. The molecule has 11 heteroatoms. The van der Waals surface area contributed by atoms with E-state index in [1.165, 1.54) is 9.21 Å². The second kappa shape index (κ2) is 11.0. The lowest BCUT2D eigenvalue weighted by Crippen LogP contribution is -2.32. The van der Waals surface area contributed by atoms with Crippen molar-refractivity contribution < 1.29 is 27.2 Å². The maximum atomic E-state index is 12.6. The Morgan fingerprint density at radius 2 is 1.76 bits per heavy atom. The van der Waals surface area contributed by atoms with Crippen molar-refractivity contribution in [1.29, 1.82) is 0 Å². The molecule has 1 heterocycles. The summed E-state index contributed by atoms with van der Waals surface area (Å²) < 4.78 is 41.4. The van der Waals surface area contributed by atoms with Crippen LogP contribution in [0.25, 0.3) is 11.4 Å². The molecule has 0 aliphatic carbocycles. The largest absolute Gasteiger partial charge is 0.497 e. The minimum absolute atomic E-state index is 0.143. The number of rotatable bonds is 11. The monoisotopic (exact) mass is 488 g/mol. The zero-order valence-electron chi connectivity index (χ0n) is 19.6. The van der Waals surface area contributed by atoms with Crippen molar-refractivity contribution in [3.63, 3.8) is 0 Å². The SMILES string of the molecule is COc1ccc(N(CCCC(=O)N(C)Cc2nc(-c3cccc(OC)c3)no2)S(C)(=O)=O)cc1. The molecule has 0 bridgehead atoms. The molecule has 10 nitrogen and oxygen atoms in total. The Kier molecular flexibility index (Phi) is 8.11. The highest BCUT2D eigenvalue weighted by molar-refractivity contribution is 7.92. The molecule has 2 aromatic carbocycles. The molecule has 0 atom stereocenters. The number of carbonyl (C=O) groups excluding carboxylic acids is 1. The molecular formula is C23H28N4O6S. The summed E-state index contributed by atoms with van der Waals surface area (Å²) >= 11 is 0. The second-order valence-corrected chi connectivity index (χ2v) is 9.54. The number of sulfonamides is 1. The zero-order valence-corrected chi connectivity index (χ0v) is 20.4. The number of hydrogen-bond donors (Lipinski definition) is 0. The quantitative estimate of drug-likeness (QED) is 0.405. The van der Waals surface area contributed by atoms with Crippen LogP contribution in [0.4, 0.5) is 5.69 Å². The standard InChI is InChI=1S/C23H28N4O6S/c1-26(16-21-24-23(25-33-21)17-7-5-8-20(15-17)32-3)22(28)9-6-14-27(34(4,29)30)18-10-12-19(31-2)13-11-18/h5,7-8,10-13,15H,6,9,14,16H2,1-4H3. The molecule has 0 fully saturated rings. The summed E-state index contributed by atoms with van der Waals surface area (Å²) in [5, 5.41) is 3.97. The van der Waals surface area contributed by atoms with Crippen molar-refractivity contribution in [3.05, 3.63) is 54.4 Å². The van der Waals surface area contributed by atoms with Crippen LogP contribution < -0.4 is 13.8 Å². The first-order valence-electron chi connectivity index (χ1n) is 10.5. The number of hydrogen-bond acceptors (Lipinski definition) is 8. The van der Waals surface area contributed by atoms with Gasteiger partial charge in [-0.3, -0.25) is 9.10 Å². The van der Waals surface area contributed by atoms with E-state index in [0.29, 0.717) is 35.3 Å². The van der Waals surface area contributed by atoms with Crippen LogP contribution in [-0.4, -0.2) is 63.4 Å². The second-order valence-electron chi connectivity index (χ2n) is 7.63. The van der Waals surface area contributed by atoms with Gasteiger partial charge in [-0.1, -0.05) is 17.3 Å². The third kappa shape index (κ3) is 6.47. The van der Waals surface area contributed by atoms with Crippen molar-refractivity contribution in [2.45, 2.75) is 19.4 Å². The van der Waals surface area contributed by atoms with Crippen LogP contribution in [0.1, 0.15) is 18.7 Å². The summed E-state index contributed by atoms with van der Waals surface area (Å²) in [5.41, 5.74) is 1.25. The van der Waals surface area contributed by atoms with Gasteiger partial charge in [0.25, 0.3) is 0 Å². The molecule has 0 aliphatic rings. The van der Waals surface area contributed by atoms with Crippen LogP contribution in [0.2, 0.25) is 0 Å². The van der Waals surface area contributed by atoms with Gasteiger partial charge < -0.3 is 18.9 Å². The van der Waals surface area contributed by atoms with E-state index < -0.39 is 10.0 Å². The summed E-state index contributed by atoms with van der Waals surface area (Å²) in [7, 11) is 1.24. The summed E-state index contributed by atoms with van der Waals surface area (Å²) in [4.78, 5) is 18.4. The van der Waals surface area contributed by atoms with Crippen LogP contribution in [0, 0.1) is 0 Å². The van der Waals surface area contributed by atoms with Crippen LogP contribution in [0.5, 0.6) is 11.5 Å². The van der Waals surface area contributed by atoms with Crippen LogP contribution in [0.3, 0.4) is 0 Å². The van der Waals surface area contributed by atoms with Gasteiger partial charge in [-0.15, -0.1) is 0 Å². The number of aromatic nitrogens is 2. The Balaban J connectivity index is 1.56. The number of benzene rings is 2. The van der Waals surface area contributed by atoms with Gasteiger partial charge in [0.1, 0.15) is 11.5 Å². The number of methoxy groups -OCH3 is 2. The van der Waals surface area contributed by atoms with Gasteiger partial charge in [-0.05, 0) is 42.8 Å². The Labute approximate surface area is 199 Å². The number of nitrogens with zero attached hydrogens (tertiary/aromatic N) is 4. The van der Waals surface area contributed by atoms with E-state index in [4.69, 9.17) is 14.0 Å². The fraction of sp³-hybridized carbons (Fsp3) is 0.348. The molecule has 3 rings (SSSR count). The predicted octanol–water partition coefficient (Wildman–Crippen LogP) is 2.96. The Morgan fingerprint density at radius 1 is 1.06 bits per heavy atom. The molecule has 0 aliphatic heterocycles. The first kappa shape index (κ1) is 25.0. The molecule has 0 N–H and O–H groups in total. The molecule has 1 aromatic heterocycles. The summed E-state index contributed by atoms with van der Waals surface area (Å²) in [6.45, 7) is 0.315. The molecule has 1 amide bonds. The fourth-order valence-corrected chi connectivity index (χ4v) is 4.25. The van der Waals surface area contributed by atoms with E-state index in [-0.39, 0.29) is 25.4 Å². The third-order valence-corrected chi connectivity index (χ3v) is 6.30. The van der Waals surface area contributed by atoms with Crippen molar-refractivity contribution in [2.75, 3.05) is 38.4 Å². The van der Waals surface area contributed by atoms with Gasteiger partial charge in [0.15, 0.2) is 0 Å². The normalized spacial score (nSPS) is 11.2. The van der Waals surface area contributed by atoms with Crippen molar-refractivity contribution in [1.82, 2.24) is 15.0 Å². The topological polar surface area (TPSA) is 115 Å². The van der Waals surface area contributed by atoms with Gasteiger partial charge in [-0.2, -0.15) is 4.98 Å². The Hall–Kier alpha value is -3.60. The molecule has 0 spiro atoms. The van der Waals surface area contributed by atoms with E-state index in [1.807, 2.05) is 18.2 Å². The highest BCUT2D eigenvalue weighted by Gasteiger charge is 2.19. The summed E-state index contributed by atoms with van der Waals surface area (Å²) in [6.07, 6.45) is 1.65. The van der Waals surface area contributed by atoms with E-state index >= 15 is 0 Å². The minimum atomic E-state index is -3.51. The number of carbonyl (C=O) groups is 1. The molecule has 182 valence electrons. The third-order valence-electron chi connectivity index (χ3n) is 5.11.